The summed E-state index contributed by atoms with van der Waals surface area (Å²) in [6, 6.07) is 9.56. The Kier molecular flexibility index (Phi) is 2.34. The second-order valence-corrected chi connectivity index (χ2v) is 5.02. The molecule has 0 saturated heterocycles. The Morgan fingerprint density at radius 1 is 0.812 bits per heavy atom. The van der Waals surface area contributed by atoms with Gasteiger partial charge >= 0.3 is 10.2 Å². The van der Waals surface area contributed by atoms with Gasteiger partial charge in [0.15, 0.2) is 10.9 Å². The lowest BCUT2D eigenvalue weighted by atomic mass is 10.7. The Morgan fingerprint density at radius 3 is 1.94 bits per heavy atom. The molecule has 0 aliphatic heterocycles. The van der Waals surface area contributed by atoms with E-state index in [1.165, 1.54) is 0 Å². The van der Waals surface area contributed by atoms with E-state index >= 15 is 0 Å². The maximum absolute atomic E-state index is 5.45. The van der Waals surface area contributed by atoms with E-state index in [1.54, 1.807) is 25.1 Å². The number of furan rings is 3. The smallest absolute Gasteiger partial charge is 0.328 e. The van der Waals surface area contributed by atoms with Crippen LogP contribution in [-0.2, 0) is 10.9 Å². The van der Waals surface area contributed by atoms with Gasteiger partial charge in [-0.1, -0.05) is 0 Å². The summed E-state index contributed by atoms with van der Waals surface area (Å²) < 4.78 is 16.0. The molecule has 80 valence electrons. The lowest BCUT2D eigenvalue weighted by Gasteiger charge is -1.96. The van der Waals surface area contributed by atoms with Crippen LogP contribution in [-0.4, -0.2) is 0 Å². The Hall–Kier alpha value is -1.81. The summed E-state index contributed by atoms with van der Waals surface area (Å²) in [5.41, 5.74) is 0. The molecular formula is C12H9O3S+. The van der Waals surface area contributed by atoms with Crippen LogP contribution in [0.25, 0.3) is 0 Å². The molecule has 0 spiro atoms. The Bertz CT molecular complexity index is 441. The summed E-state index contributed by atoms with van der Waals surface area (Å²) in [4.78, 5) is 1.05. The third kappa shape index (κ3) is 1.57. The fourth-order valence-electron chi connectivity index (χ4n) is 1.46. The van der Waals surface area contributed by atoms with Crippen molar-refractivity contribution in [3.05, 3.63) is 55.4 Å². The van der Waals surface area contributed by atoms with Crippen LogP contribution in [0.2, 0.25) is 0 Å². The first kappa shape index (κ1) is 9.42. The molecular weight excluding hydrogens is 224 g/mol. The van der Waals surface area contributed by atoms with Crippen LogP contribution < -0.4 is 0 Å². The van der Waals surface area contributed by atoms with Gasteiger partial charge < -0.3 is 13.3 Å². The van der Waals surface area contributed by atoms with Crippen LogP contribution in [0.3, 0.4) is 0 Å². The summed E-state index contributed by atoms with van der Waals surface area (Å²) in [5, 5.41) is 1.74. The molecule has 4 heteroatoms. The van der Waals surface area contributed by atoms with Crippen LogP contribution in [0, 0.1) is 0 Å². The normalized spacial score (nSPS) is 11.1. The van der Waals surface area contributed by atoms with Crippen LogP contribution in [0.15, 0.2) is 83.7 Å². The fourth-order valence-corrected chi connectivity index (χ4v) is 3.20. The minimum atomic E-state index is -0.348. The van der Waals surface area contributed by atoms with E-state index in [9.17, 15) is 0 Å². The highest BCUT2D eigenvalue weighted by Gasteiger charge is 2.35. The van der Waals surface area contributed by atoms with E-state index in [0.29, 0.717) is 0 Å². The molecule has 3 aromatic rings. The van der Waals surface area contributed by atoms with Crippen molar-refractivity contribution in [3.63, 3.8) is 0 Å². The largest absolute Gasteiger partial charge is 0.467 e. The zero-order chi connectivity index (χ0) is 10.8. The summed E-state index contributed by atoms with van der Waals surface area (Å²) >= 11 is 0. The van der Waals surface area contributed by atoms with Gasteiger partial charge in [0.25, 0.3) is 0 Å². The molecule has 3 heterocycles. The van der Waals surface area contributed by atoms with Gasteiger partial charge in [-0.15, -0.1) is 0 Å². The van der Waals surface area contributed by atoms with Crippen molar-refractivity contribution in [2.45, 2.75) is 15.1 Å². The summed E-state index contributed by atoms with van der Waals surface area (Å²) in [7, 11) is -0.348. The van der Waals surface area contributed by atoms with E-state index in [1.807, 2.05) is 30.3 Å². The number of hydrogen-bond acceptors (Lipinski definition) is 3. The van der Waals surface area contributed by atoms with Gasteiger partial charge in [-0.2, -0.15) is 0 Å². The van der Waals surface area contributed by atoms with Crippen molar-refractivity contribution >= 4 is 10.9 Å². The highest BCUT2D eigenvalue weighted by Crippen LogP contribution is 2.31. The molecule has 0 saturated carbocycles. The lowest BCUT2D eigenvalue weighted by Crippen LogP contribution is -2.00. The molecule has 16 heavy (non-hydrogen) atoms. The van der Waals surface area contributed by atoms with Gasteiger partial charge in [0.05, 0.1) is 18.8 Å². The molecule has 0 atom stereocenters. The van der Waals surface area contributed by atoms with Crippen LogP contribution in [0.4, 0.5) is 0 Å². The first-order valence-electron chi connectivity index (χ1n) is 4.78. The van der Waals surface area contributed by atoms with Gasteiger partial charge in [0.2, 0.25) is 4.90 Å². The van der Waals surface area contributed by atoms with Crippen LogP contribution in [0.1, 0.15) is 0 Å². The second-order valence-electron chi connectivity index (χ2n) is 3.13. The van der Waals surface area contributed by atoms with Crippen molar-refractivity contribution in [2.75, 3.05) is 0 Å². The summed E-state index contributed by atoms with van der Waals surface area (Å²) in [6.45, 7) is 0. The molecule has 3 rings (SSSR count). The van der Waals surface area contributed by atoms with Gasteiger partial charge in [0.1, 0.15) is 6.26 Å². The zero-order valence-corrected chi connectivity index (χ0v) is 9.15. The predicted octanol–water partition coefficient (Wildman–Crippen LogP) is 3.56. The SMILES string of the molecule is c1coc([S+](c2ccoc2)c2ccco2)c1. The molecule has 3 nitrogen and oxygen atoms in total. The standard InChI is InChI=1S/C12H9O3S/c1-3-11(14-6-1)16(10-5-8-13-9-10)12-4-2-7-15-12/h1-9H/q+1. The van der Waals surface area contributed by atoms with Crippen molar-refractivity contribution in [1.29, 1.82) is 0 Å². The highest BCUT2D eigenvalue weighted by atomic mass is 32.2. The first-order valence-corrected chi connectivity index (χ1v) is 6.01. The molecule has 0 aliphatic rings. The van der Waals surface area contributed by atoms with Gasteiger partial charge in [-0.05, 0) is 12.1 Å². The van der Waals surface area contributed by atoms with E-state index < -0.39 is 0 Å². The van der Waals surface area contributed by atoms with Gasteiger partial charge in [-0.3, -0.25) is 0 Å². The molecule has 0 unspecified atom stereocenters. The van der Waals surface area contributed by atoms with Crippen molar-refractivity contribution in [3.8, 4) is 0 Å². The number of rotatable bonds is 3. The van der Waals surface area contributed by atoms with Crippen molar-refractivity contribution < 1.29 is 13.3 Å². The molecule has 0 radical (unpaired) electrons. The van der Waals surface area contributed by atoms with E-state index in [-0.39, 0.29) is 10.9 Å². The lowest BCUT2D eigenvalue weighted by molar-refractivity contribution is 0.448. The third-order valence-corrected chi connectivity index (χ3v) is 4.10. The molecule has 0 aliphatic carbocycles. The summed E-state index contributed by atoms with van der Waals surface area (Å²) in [6.07, 6.45) is 6.70. The average molecular weight is 233 g/mol. The van der Waals surface area contributed by atoms with Crippen molar-refractivity contribution in [2.24, 2.45) is 0 Å². The minimum Gasteiger partial charge on any atom is -0.467 e. The molecule has 0 fully saturated rings. The van der Waals surface area contributed by atoms with Gasteiger partial charge in [0, 0.05) is 18.2 Å². The average Bonchev–Trinajstić information content (AvgIpc) is 3.02. The quantitative estimate of drug-likeness (QED) is 0.649. The van der Waals surface area contributed by atoms with Crippen LogP contribution in [0.5, 0.6) is 0 Å². The Balaban J connectivity index is 2.09. The first-order chi connectivity index (χ1) is 7.95. The number of hydrogen-bond donors (Lipinski definition) is 0. The van der Waals surface area contributed by atoms with E-state index in [0.717, 1.165) is 15.1 Å². The monoisotopic (exact) mass is 233 g/mol. The van der Waals surface area contributed by atoms with E-state index in [4.69, 9.17) is 13.3 Å². The second kappa shape index (κ2) is 3.98. The maximum Gasteiger partial charge on any atom is 0.328 e. The molecule has 0 bridgehead atoms. The molecule has 0 aromatic carbocycles. The molecule has 0 N–H and O–H groups in total. The van der Waals surface area contributed by atoms with Gasteiger partial charge in [-0.25, -0.2) is 0 Å². The third-order valence-electron chi connectivity index (χ3n) is 2.12. The minimum absolute atomic E-state index is 0.348. The zero-order valence-electron chi connectivity index (χ0n) is 8.33. The fraction of sp³-hybridized carbons (Fsp3) is 0. The predicted molar refractivity (Wildman–Crippen MR) is 58.3 cm³/mol. The Morgan fingerprint density at radius 2 is 1.50 bits per heavy atom. The summed E-state index contributed by atoms with van der Waals surface area (Å²) in [5.74, 6) is 0. The molecule has 0 amide bonds. The maximum atomic E-state index is 5.45. The van der Waals surface area contributed by atoms with Crippen molar-refractivity contribution in [1.82, 2.24) is 0 Å². The van der Waals surface area contributed by atoms with Crippen LogP contribution >= 0.6 is 0 Å². The topological polar surface area (TPSA) is 39.4 Å². The Labute approximate surface area is 95.0 Å². The van der Waals surface area contributed by atoms with E-state index in [2.05, 4.69) is 0 Å². The molecule has 3 aromatic heterocycles. The highest BCUT2D eigenvalue weighted by molar-refractivity contribution is 7.96.